The first-order chi connectivity index (χ1) is 15.1. The Bertz CT molecular complexity index is 1330. The van der Waals surface area contributed by atoms with E-state index >= 15 is 0 Å². The number of fused-ring (bicyclic) bond motifs is 2. The van der Waals surface area contributed by atoms with E-state index in [4.69, 9.17) is 9.47 Å². The number of benzene rings is 2. The molecule has 3 heterocycles. The molecule has 1 aliphatic rings. The lowest BCUT2D eigenvalue weighted by atomic mass is 9.92. The number of aromatic nitrogens is 6. The maximum atomic E-state index is 13.6. The van der Waals surface area contributed by atoms with Crippen LogP contribution in [0.15, 0.2) is 47.3 Å². The van der Waals surface area contributed by atoms with Gasteiger partial charge in [-0.15, -0.1) is 0 Å². The molecule has 156 valence electrons. The van der Waals surface area contributed by atoms with Gasteiger partial charge in [0.2, 0.25) is 5.95 Å². The number of anilines is 2. The monoisotopic (exact) mass is 421 g/mol. The van der Waals surface area contributed by atoms with Crippen LogP contribution in [-0.2, 0) is 0 Å². The summed E-state index contributed by atoms with van der Waals surface area (Å²) in [5.74, 6) is 0.975. The van der Waals surface area contributed by atoms with Crippen molar-refractivity contribution in [2.45, 2.75) is 6.04 Å². The third-order valence-corrected chi connectivity index (χ3v) is 5.11. The lowest BCUT2D eigenvalue weighted by Crippen LogP contribution is -2.29. The lowest BCUT2D eigenvalue weighted by molar-refractivity contribution is 0.355. The summed E-state index contributed by atoms with van der Waals surface area (Å²) in [5.41, 5.74) is 2.22. The number of aromatic amines is 1. The molecule has 0 saturated heterocycles. The molecular formula is C20H16FN7O3. The number of nitrogens with one attached hydrogen (secondary N) is 2. The molecule has 0 amide bonds. The standard InChI is InChI=1S/C20H16FN7O3/c1-30-13-8-5-11(9-14(13)31-2)16-15-17(19(29)24-23-16)22-20-25-26-27-28(20)18(15)10-3-6-12(21)7-4-10/h3-9,18H,1-2H3,(H,24,29)(H,22,25,27)/t18-/m0/s1. The van der Waals surface area contributed by atoms with Crippen molar-refractivity contribution >= 4 is 11.6 Å². The molecule has 10 nitrogen and oxygen atoms in total. The highest BCUT2D eigenvalue weighted by Gasteiger charge is 2.34. The van der Waals surface area contributed by atoms with E-state index in [2.05, 4.69) is 31.0 Å². The van der Waals surface area contributed by atoms with Gasteiger partial charge in [-0.05, 0) is 46.3 Å². The fourth-order valence-corrected chi connectivity index (χ4v) is 3.69. The second-order valence-electron chi connectivity index (χ2n) is 6.79. The van der Waals surface area contributed by atoms with Crippen LogP contribution in [0.1, 0.15) is 17.2 Å². The SMILES string of the molecule is COc1ccc(-c2n[nH]c(=O)c3c2[C@H](c2ccc(F)cc2)n2nnnc2N3)cc1OC. The van der Waals surface area contributed by atoms with Crippen LogP contribution in [0.4, 0.5) is 16.0 Å². The summed E-state index contributed by atoms with van der Waals surface area (Å²) >= 11 is 0. The minimum Gasteiger partial charge on any atom is -0.493 e. The van der Waals surface area contributed by atoms with E-state index in [-0.39, 0.29) is 17.5 Å². The van der Waals surface area contributed by atoms with Gasteiger partial charge in [0, 0.05) is 11.1 Å². The topological polar surface area (TPSA) is 120 Å². The summed E-state index contributed by atoms with van der Waals surface area (Å²) in [6.07, 6.45) is 0. The number of ether oxygens (including phenoxy) is 2. The molecule has 2 N–H and O–H groups in total. The van der Waals surface area contributed by atoms with Crippen LogP contribution in [0.2, 0.25) is 0 Å². The third kappa shape index (κ3) is 2.98. The number of H-pyrrole nitrogens is 1. The summed E-state index contributed by atoms with van der Waals surface area (Å²) in [4.78, 5) is 12.7. The van der Waals surface area contributed by atoms with E-state index in [1.54, 1.807) is 37.4 Å². The molecular weight excluding hydrogens is 405 g/mol. The summed E-state index contributed by atoms with van der Waals surface area (Å²) in [6, 6.07) is 10.6. The van der Waals surface area contributed by atoms with Gasteiger partial charge in [-0.2, -0.15) is 9.78 Å². The first kappa shape index (κ1) is 18.7. The fraction of sp³-hybridized carbons (Fsp3) is 0.150. The number of rotatable bonds is 4. The molecule has 4 aromatic rings. The van der Waals surface area contributed by atoms with Crippen LogP contribution in [0, 0.1) is 5.82 Å². The first-order valence-electron chi connectivity index (χ1n) is 9.26. The van der Waals surface area contributed by atoms with Gasteiger partial charge in [-0.1, -0.05) is 17.2 Å². The van der Waals surface area contributed by atoms with Gasteiger partial charge in [0.1, 0.15) is 17.5 Å². The van der Waals surface area contributed by atoms with Crippen LogP contribution in [-0.4, -0.2) is 44.6 Å². The summed E-state index contributed by atoms with van der Waals surface area (Å²) in [6.45, 7) is 0. The Morgan fingerprint density at radius 1 is 1.06 bits per heavy atom. The minimum absolute atomic E-state index is 0.261. The van der Waals surface area contributed by atoms with Crippen molar-refractivity contribution in [2.24, 2.45) is 0 Å². The van der Waals surface area contributed by atoms with Gasteiger partial charge in [0.25, 0.3) is 5.56 Å². The maximum absolute atomic E-state index is 13.6. The largest absolute Gasteiger partial charge is 0.493 e. The Kier molecular flexibility index (Phi) is 4.35. The molecule has 2 aromatic heterocycles. The van der Waals surface area contributed by atoms with Crippen LogP contribution in [0.5, 0.6) is 11.5 Å². The van der Waals surface area contributed by atoms with Gasteiger partial charge >= 0.3 is 0 Å². The van der Waals surface area contributed by atoms with Crippen LogP contribution < -0.4 is 20.3 Å². The van der Waals surface area contributed by atoms with Crippen molar-refractivity contribution in [1.29, 1.82) is 0 Å². The van der Waals surface area contributed by atoms with E-state index in [1.165, 1.54) is 23.9 Å². The predicted octanol–water partition coefficient (Wildman–Crippen LogP) is 2.27. The third-order valence-electron chi connectivity index (χ3n) is 5.11. The number of nitrogens with zero attached hydrogens (tertiary/aromatic N) is 5. The summed E-state index contributed by atoms with van der Waals surface area (Å²) < 4.78 is 25.9. The van der Waals surface area contributed by atoms with Gasteiger partial charge in [0.05, 0.1) is 19.9 Å². The molecule has 0 fully saturated rings. The number of tetrazole rings is 1. The van der Waals surface area contributed by atoms with Gasteiger partial charge in [-0.3, -0.25) is 4.79 Å². The van der Waals surface area contributed by atoms with Crippen molar-refractivity contribution < 1.29 is 13.9 Å². The van der Waals surface area contributed by atoms with Crippen molar-refractivity contribution in [1.82, 2.24) is 30.4 Å². The highest BCUT2D eigenvalue weighted by molar-refractivity contribution is 5.76. The molecule has 11 heteroatoms. The molecule has 0 aliphatic carbocycles. The minimum atomic E-state index is -0.611. The maximum Gasteiger partial charge on any atom is 0.288 e. The zero-order chi connectivity index (χ0) is 21.5. The van der Waals surface area contributed by atoms with E-state index in [9.17, 15) is 9.18 Å². The number of hydrogen-bond acceptors (Lipinski definition) is 8. The van der Waals surface area contributed by atoms with E-state index in [1.807, 2.05) is 0 Å². The second kappa shape index (κ2) is 7.20. The van der Waals surface area contributed by atoms with Crippen LogP contribution in [0.3, 0.4) is 0 Å². The molecule has 0 radical (unpaired) electrons. The highest BCUT2D eigenvalue weighted by atomic mass is 19.1. The number of hydrogen-bond donors (Lipinski definition) is 2. The van der Waals surface area contributed by atoms with Crippen LogP contribution in [0.25, 0.3) is 11.3 Å². The van der Waals surface area contributed by atoms with Crippen molar-refractivity contribution in [2.75, 3.05) is 19.5 Å². The summed E-state index contributed by atoms with van der Waals surface area (Å²) in [7, 11) is 3.08. The Morgan fingerprint density at radius 3 is 2.58 bits per heavy atom. The average molecular weight is 421 g/mol. The van der Waals surface area contributed by atoms with Gasteiger partial charge in [-0.25, -0.2) is 9.49 Å². The molecule has 0 bridgehead atoms. The molecule has 5 rings (SSSR count). The molecule has 0 unspecified atom stereocenters. The Morgan fingerprint density at radius 2 is 1.84 bits per heavy atom. The van der Waals surface area contributed by atoms with E-state index in [0.29, 0.717) is 33.9 Å². The number of halogens is 1. The number of methoxy groups -OCH3 is 2. The predicted molar refractivity (Wildman–Crippen MR) is 108 cm³/mol. The zero-order valence-corrected chi connectivity index (χ0v) is 16.5. The normalized spacial score (nSPS) is 14.4. The summed E-state index contributed by atoms with van der Waals surface area (Å²) in [5, 5.41) is 21.6. The van der Waals surface area contributed by atoms with Gasteiger partial charge in [0.15, 0.2) is 11.5 Å². The fourth-order valence-electron chi connectivity index (χ4n) is 3.69. The molecule has 1 atom stereocenters. The first-order valence-corrected chi connectivity index (χ1v) is 9.26. The molecule has 0 spiro atoms. The Balaban J connectivity index is 1.78. The Hall–Kier alpha value is -4.28. The molecule has 1 aliphatic heterocycles. The zero-order valence-electron chi connectivity index (χ0n) is 16.5. The molecule has 31 heavy (non-hydrogen) atoms. The van der Waals surface area contributed by atoms with Crippen molar-refractivity contribution in [3.63, 3.8) is 0 Å². The van der Waals surface area contributed by atoms with Gasteiger partial charge < -0.3 is 14.8 Å². The van der Waals surface area contributed by atoms with E-state index < -0.39 is 11.6 Å². The second-order valence-corrected chi connectivity index (χ2v) is 6.79. The Labute approximate surface area is 174 Å². The lowest BCUT2D eigenvalue weighted by Gasteiger charge is -2.27. The molecule has 2 aromatic carbocycles. The van der Waals surface area contributed by atoms with E-state index in [0.717, 1.165) is 0 Å². The quantitative estimate of drug-likeness (QED) is 0.454. The van der Waals surface area contributed by atoms with Crippen LogP contribution >= 0.6 is 0 Å². The van der Waals surface area contributed by atoms with Crippen molar-refractivity contribution in [3.8, 4) is 22.8 Å². The highest BCUT2D eigenvalue weighted by Crippen LogP contribution is 2.42. The molecule has 0 saturated carbocycles. The van der Waals surface area contributed by atoms with Crippen molar-refractivity contribution in [3.05, 3.63) is 69.8 Å². The average Bonchev–Trinajstić information content (AvgIpc) is 3.27. The smallest absolute Gasteiger partial charge is 0.288 e.